The van der Waals surface area contributed by atoms with Crippen LogP contribution in [0.25, 0.3) is 11.1 Å². The molecule has 1 heterocycles. The number of nitrogens with zero attached hydrogens (tertiary/aromatic N) is 1. The predicted molar refractivity (Wildman–Crippen MR) is 119 cm³/mol. The topological polar surface area (TPSA) is 59.0 Å². The molecule has 2 aromatic carbocycles. The lowest BCUT2D eigenvalue weighted by Crippen LogP contribution is -2.53. The van der Waals surface area contributed by atoms with E-state index in [1.54, 1.807) is 49.9 Å². The molecular formula is C25H27F6NO4. The highest BCUT2D eigenvalue weighted by molar-refractivity contribution is 5.68. The van der Waals surface area contributed by atoms with Gasteiger partial charge in [0.25, 0.3) is 5.60 Å². The molecule has 0 spiro atoms. The number of carbonyl (C=O) groups is 1. The summed E-state index contributed by atoms with van der Waals surface area (Å²) in [6.07, 6.45) is -11.2. The highest BCUT2D eigenvalue weighted by Crippen LogP contribution is 2.50. The van der Waals surface area contributed by atoms with Crippen LogP contribution in [0, 0.1) is 0 Å². The summed E-state index contributed by atoms with van der Waals surface area (Å²) >= 11 is 0. The van der Waals surface area contributed by atoms with E-state index in [0.717, 1.165) is 12.1 Å². The highest BCUT2D eigenvalue weighted by Gasteiger charge is 2.71. The van der Waals surface area contributed by atoms with Gasteiger partial charge in [0.15, 0.2) is 0 Å². The summed E-state index contributed by atoms with van der Waals surface area (Å²) in [4.78, 5) is 13.8. The number of hydrogen-bond donors (Lipinski definition) is 1. The molecular weight excluding hydrogens is 492 g/mol. The SMILES string of the molecule is CC(C)(C)OC(=O)N1CCC(Oc2ccc(-c3ccc(C(O)(C(F)(F)F)C(F)(F)F)cc3)cc2)CC1. The van der Waals surface area contributed by atoms with E-state index in [1.165, 1.54) is 0 Å². The summed E-state index contributed by atoms with van der Waals surface area (Å²) in [6.45, 7) is 6.34. The van der Waals surface area contributed by atoms with E-state index in [-0.39, 0.29) is 12.2 Å². The number of amides is 1. The van der Waals surface area contributed by atoms with Crippen LogP contribution in [0.5, 0.6) is 5.75 Å². The zero-order valence-electron chi connectivity index (χ0n) is 19.9. The van der Waals surface area contributed by atoms with E-state index in [1.807, 2.05) is 0 Å². The number of likely N-dealkylation sites (tertiary alicyclic amines) is 1. The van der Waals surface area contributed by atoms with Crippen molar-refractivity contribution in [3.05, 3.63) is 54.1 Å². The van der Waals surface area contributed by atoms with E-state index >= 15 is 0 Å². The molecule has 1 aliphatic rings. The molecule has 1 aliphatic heterocycles. The number of alkyl halides is 6. The van der Waals surface area contributed by atoms with Gasteiger partial charge < -0.3 is 19.5 Å². The lowest BCUT2D eigenvalue weighted by molar-refractivity contribution is -0.376. The van der Waals surface area contributed by atoms with Crippen LogP contribution in [0.2, 0.25) is 0 Å². The minimum Gasteiger partial charge on any atom is -0.490 e. The van der Waals surface area contributed by atoms with Gasteiger partial charge in [0, 0.05) is 31.5 Å². The van der Waals surface area contributed by atoms with Gasteiger partial charge in [0.05, 0.1) is 0 Å². The number of benzene rings is 2. The number of rotatable bonds is 4. The normalized spacial score (nSPS) is 16.1. The Morgan fingerprint density at radius 1 is 0.833 bits per heavy atom. The van der Waals surface area contributed by atoms with Gasteiger partial charge >= 0.3 is 18.4 Å². The maximum absolute atomic E-state index is 13.1. The molecule has 3 rings (SSSR count). The quantitative estimate of drug-likeness (QED) is 0.472. The first-order chi connectivity index (χ1) is 16.5. The number of aliphatic hydroxyl groups is 1. The lowest BCUT2D eigenvalue weighted by atomic mass is 9.90. The molecule has 0 atom stereocenters. The minimum absolute atomic E-state index is 0.128. The van der Waals surface area contributed by atoms with E-state index < -0.39 is 29.1 Å². The first-order valence-electron chi connectivity index (χ1n) is 11.2. The summed E-state index contributed by atoms with van der Waals surface area (Å²) < 4.78 is 89.7. The molecule has 0 saturated carbocycles. The molecule has 1 amide bonds. The third-order valence-electron chi connectivity index (χ3n) is 5.71. The fourth-order valence-electron chi connectivity index (χ4n) is 3.79. The average Bonchev–Trinajstić information content (AvgIpc) is 2.77. The average molecular weight is 519 g/mol. The van der Waals surface area contributed by atoms with E-state index in [0.29, 0.717) is 54.9 Å². The minimum atomic E-state index is -5.94. The summed E-state index contributed by atoms with van der Waals surface area (Å²) in [5.74, 6) is 0.537. The van der Waals surface area contributed by atoms with Crippen molar-refractivity contribution >= 4 is 6.09 Å². The van der Waals surface area contributed by atoms with Crippen molar-refractivity contribution in [3.63, 3.8) is 0 Å². The van der Waals surface area contributed by atoms with Gasteiger partial charge in [-0.2, -0.15) is 26.3 Å². The zero-order valence-corrected chi connectivity index (χ0v) is 19.9. The van der Waals surface area contributed by atoms with Gasteiger partial charge in [-0.1, -0.05) is 36.4 Å². The van der Waals surface area contributed by atoms with Gasteiger partial charge in [-0.25, -0.2) is 4.79 Å². The number of carbonyl (C=O) groups excluding carboxylic acids is 1. The number of hydrogen-bond acceptors (Lipinski definition) is 4. The van der Waals surface area contributed by atoms with Crippen molar-refractivity contribution < 1.29 is 45.7 Å². The predicted octanol–water partition coefficient (Wildman–Crippen LogP) is 6.44. The molecule has 1 fully saturated rings. The third-order valence-corrected chi connectivity index (χ3v) is 5.71. The fraction of sp³-hybridized carbons (Fsp3) is 0.480. The van der Waals surface area contributed by atoms with Gasteiger partial charge in [-0.05, 0) is 44.0 Å². The Morgan fingerprint density at radius 3 is 1.69 bits per heavy atom. The van der Waals surface area contributed by atoms with Crippen LogP contribution in [0.15, 0.2) is 48.5 Å². The largest absolute Gasteiger partial charge is 0.490 e. The van der Waals surface area contributed by atoms with Crippen molar-refractivity contribution in [1.29, 1.82) is 0 Å². The van der Waals surface area contributed by atoms with E-state index in [2.05, 4.69) is 0 Å². The molecule has 2 aromatic rings. The Morgan fingerprint density at radius 2 is 1.28 bits per heavy atom. The number of ether oxygens (including phenoxy) is 2. The molecule has 5 nitrogen and oxygen atoms in total. The van der Waals surface area contributed by atoms with Gasteiger partial charge in [-0.15, -0.1) is 0 Å². The van der Waals surface area contributed by atoms with Crippen LogP contribution in [-0.2, 0) is 10.3 Å². The Labute approximate surface area is 204 Å². The first-order valence-corrected chi connectivity index (χ1v) is 11.2. The van der Waals surface area contributed by atoms with Gasteiger partial charge in [0.2, 0.25) is 0 Å². The molecule has 0 aliphatic carbocycles. The Hall–Kier alpha value is -2.95. The van der Waals surface area contributed by atoms with Gasteiger partial charge in [-0.3, -0.25) is 0 Å². The molecule has 0 radical (unpaired) electrons. The first kappa shape index (κ1) is 27.6. The van der Waals surface area contributed by atoms with Crippen LogP contribution < -0.4 is 4.74 Å². The maximum Gasteiger partial charge on any atom is 0.430 e. The molecule has 1 saturated heterocycles. The monoisotopic (exact) mass is 519 g/mol. The highest BCUT2D eigenvalue weighted by atomic mass is 19.4. The van der Waals surface area contributed by atoms with Crippen molar-refractivity contribution in [2.75, 3.05) is 13.1 Å². The lowest BCUT2D eigenvalue weighted by Gasteiger charge is -2.33. The second kappa shape index (κ2) is 9.84. The van der Waals surface area contributed by atoms with Crippen LogP contribution in [0.4, 0.5) is 31.1 Å². The van der Waals surface area contributed by atoms with Crippen LogP contribution in [-0.4, -0.2) is 53.2 Å². The van der Waals surface area contributed by atoms with Crippen molar-refractivity contribution in [3.8, 4) is 16.9 Å². The second-order valence-electron chi connectivity index (χ2n) is 9.59. The van der Waals surface area contributed by atoms with Crippen LogP contribution in [0.1, 0.15) is 39.2 Å². The molecule has 36 heavy (non-hydrogen) atoms. The van der Waals surface area contributed by atoms with Crippen molar-refractivity contribution in [1.82, 2.24) is 4.90 Å². The summed E-state index contributed by atoms with van der Waals surface area (Å²) in [7, 11) is 0. The molecule has 0 unspecified atom stereocenters. The Bertz CT molecular complexity index is 1020. The molecule has 0 bridgehead atoms. The zero-order chi connectivity index (χ0) is 26.9. The smallest absolute Gasteiger partial charge is 0.430 e. The number of halogens is 6. The molecule has 0 aromatic heterocycles. The third kappa shape index (κ3) is 6.05. The van der Waals surface area contributed by atoms with Gasteiger partial charge in [0.1, 0.15) is 17.5 Å². The molecule has 11 heteroatoms. The fourth-order valence-corrected chi connectivity index (χ4v) is 3.79. The standard InChI is InChI=1S/C25H27F6NO4/c1-22(2,3)36-21(33)32-14-12-20(13-15-32)35-19-10-6-17(7-11-19)16-4-8-18(9-5-16)23(34,24(26,27)28)25(29,30)31/h4-11,20,34H,12-15H2,1-3H3. The molecule has 198 valence electrons. The van der Waals surface area contributed by atoms with E-state index in [9.17, 15) is 36.2 Å². The van der Waals surface area contributed by atoms with Crippen molar-refractivity contribution in [2.45, 2.75) is 63.3 Å². The van der Waals surface area contributed by atoms with Crippen molar-refractivity contribution in [2.24, 2.45) is 0 Å². The van der Waals surface area contributed by atoms with Crippen LogP contribution in [0.3, 0.4) is 0 Å². The Balaban J connectivity index is 1.63. The Kier molecular flexibility index (Phi) is 7.55. The summed E-state index contributed by atoms with van der Waals surface area (Å²) in [6, 6.07) is 9.93. The second-order valence-corrected chi connectivity index (χ2v) is 9.59. The summed E-state index contributed by atoms with van der Waals surface area (Å²) in [5.41, 5.74) is -5.96. The summed E-state index contributed by atoms with van der Waals surface area (Å²) in [5, 5.41) is 9.51. The maximum atomic E-state index is 13.1. The molecule has 1 N–H and O–H groups in total. The number of piperidine rings is 1. The van der Waals surface area contributed by atoms with Crippen LogP contribution >= 0.6 is 0 Å². The van der Waals surface area contributed by atoms with E-state index in [4.69, 9.17) is 9.47 Å².